The molecule has 0 fully saturated rings. The van der Waals surface area contributed by atoms with Gasteiger partial charge in [-0.05, 0) is 37.6 Å². The molecule has 0 aliphatic rings. The van der Waals surface area contributed by atoms with E-state index < -0.39 is 10.0 Å². The Balaban J connectivity index is 2.11. The Kier molecular flexibility index (Phi) is 5.76. The molecule has 0 amide bonds. The first-order valence-corrected chi connectivity index (χ1v) is 8.84. The summed E-state index contributed by atoms with van der Waals surface area (Å²) in [6.07, 6.45) is 2.34. The van der Waals surface area contributed by atoms with Crippen LogP contribution in [0.25, 0.3) is 0 Å². The number of nitrogens with one attached hydrogen (secondary N) is 1. The molecule has 5 nitrogen and oxygen atoms in total. The molecule has 122 valence electrons. The summed E-state index contributed by atoms with van der Waals surface area (Å²) in [6, 6.07) is 13.9. The van der Waals surface area contributed by atoms with Gasteiger partial charge in [-0.25, -0.2) is 4.83 Å². The molecule has 0 saturated heterocycles. The van der Waals surface area contributed by atoms with Crippen LogP contribution < -0.4 is 9.57 Å². The van der Waals surface area contributed by atoms with Gasteiger partial charge in [-0.3, -0.25) is 0 Å². The number of hydrogen-bond donors (Lipinski definition) is 1. The first-order chi connectivity index (χ1) is 11.0. The fourth-order valence-electron chi connectivity index (χ4n) is 1.87. The fraction of sp³-hybridized carbons (Fsp3) is 0.235. The number of aryl methyl sites for hydroxylation is 1. The summed E-state index contributed by atoms with van der Waals surface area (Å²) in [6.45, 7) is 4.52. The SMILES string of the molecule is CCCOc1ccccc1/C=N/NS(=O)(=O)c1ccc(C)cc1. The van der Waals surface area contributed by atoms with Gasteiger partial charge in [0.25, 0.3) is 10.0 Å². The van der Waals surface area contributed by atoms with Crippen LogP contribution in [0.3, 0.4) is 0 Å². The third kappa shape index (κ3) is 4.82. The maximum atomic E-state index is 12.1. The highest BCUT2D eigenvalue weighted by Crippen LogP contribution is 2.16. The van der Waals surface area contributed by atoms with Crippen LogP contribution in [0.1, 0.15) is 24.5 Å². The van der Waals surface area contributed by atoms with Crippen LogP contribution in [0, 0.1) is 6.92 Å². The van der Waals surface area contributed by atoms with Crippen molar-refractivity contribution in [2.75, 3.05) is 6.61 Å². The van der Waals surface area contributed by atoms with Crippen molar-refractivity contribution >= 4 is 16.2 Å². The van der Waals surface area contributed by atoms with E-state index in [9.17, 15) is 8.42 Å². The lowest BCUT2D eigenvalue weighted by Gasteiger charge is -2.07. The zero-order valence-electron chi connectivity index (χ0n) is 13.2. The lowest BCUT2D eigenvalue weighted by molar-refractivity contribution is 0.317. The van der Waals surface area contributed by atoms with Crippen LogP contribution in [0.2, 0.25) is 0 Å². The summed E-state index contributed by atoms with van der Waals surface area (Å²) in [5.74, 6) is 0.674. The summed E-state index contributed by atoms with van der Waals surface area (Å²) in [4.78, 5) is 2.39. The minimum atomic E-state index is -3.67. The number of para-hydroxylation sites is 1. The van der Waals surface area contributed by atoms with E-state index in [2.05, 4.69) is 9.93 Å². The fourth-order valence-corrected chi connectivity index (χ4v) is 2.66. The van der Waals surface area contributed by atoms with E-state index in [4.69, 9.17) is 4.74 Å². The Morgan fingerprint density at radius 2 is 1.83 bits per heavy atom. The number of rotatable bonds is 7. The van der Waals surface area contributed by atoms with Crippen molar-refractivity contribution in [3.63, 3.8) is 0 Å². The van der Waals surface area contributed by atoms with Gasteiger partial charge in [0.2, 0.25) is 0 Å². The average molecular weight is 332 g/mol. The van der Waals surface area contributed by atoms with Gasteiger partial charge in [-0.2, -0.15) is 13.5 Å². The van der Waals surface area contributed by atoms with Crippen molar-refractivity contribution in [2.24, 2.45) is 5.10 Å². The van der Waals surface area contributed by atoms with Crippen molar-refractivity contribution in [1.82, 2.24) is 4.83 Å². The quantitative estimate of drug-likeness (QED) is 0.626. The van der Waals surface area contributed by atoms with E-state index in [0.29, 0.717) is 17.9 Å². The molecule has 0 saturated carbocycles. The number of benzene rings is 2. The second-order valence-electron chi connectivity index (χ2n) is 5.05. The Labute approximate surface area is 137 Å². The Bertz CT molecular complexity index is 769. The minimum absolute atomic E-state index is 0.177. The molecule has 0 aliphatic heterocycles. The van der Waals surface area contributed by atoms with Crippen LogP contribution in [0.15, 0.2) is 58.5 Å². The van der Waals surface area contributed by atoms with Crippen molar-refractivity contribution in [3.8, 4) is 5.75 Å². The third-order valence-electron chi connectivity index (χ3n) is 3.09. The molecule has 0 atom stereocenters. The summed E-state index contributed by atoms with van der Waals surface area (Å²) in [7, 11) is -3.67. The topological polar surface area (TPSA) is 67.8 Å². The molecule has 0 radical (unpaired) electrons. The molecule has 0 unspecified atom stereocenters. The molecule has 2 aromatic carbocycles. The van der Waals surface area contributed by atoms with E-state index in [-0.39, 0.29) is 4.90 Å². The molecule has 2 rings (SSSR count). The van der Waals surface area contributed by atoms with E-state index in [1.807, 2.05) is 38.1 Å². The second-order valence-corrected chi connectivity index (χ2v) is 6.71. The maximum Gasteiger partial charge on any atom is 0.276 e. The highest BCUT2D eigenvalue weighted by molar-refractivity contribution is 7.89. The molecule has 0 aliphatic carbocycles. The summed E-state index contributed by atoms with van der Waals surface area (Å²) >= 11 is 0. The number of hydrogen-bond acceptors (Lipinski definition) is 4. The van der Waals surface area contributed by atoms with Crippen LogP contribution in [0.4, 0.5) is 0 Å². The molecule has 2 aromatic rings. The minimum Gasteiger partial charge on any atom is -0.493 e. The lowest BCUT2D eigenvalue weighted by atomic mass is 10.2. The summed E-state index contributed by atoms with van der Waals surface area (Å²) < 4.78 is 29.9. The van der Waals surface area contributed by atoms with Crippen LogP contribution in [-0.2, 0) is 10.0 Å². The third-order valence-corrected chi connectivity index (χ3v) is 4.33. The molecule has 6 heteroatoms. The molecular formula is C17H20N2O3S. The first-order valence-electron chi connectivity index (χ1n) is 7.36. The summed E-state index contributed by atoms with van der Waals surface area (Å²) in [5.41, 5.74) is 1.71. The van der Waals surface area contributed by atoms with Gasteiger partial charge in [0.15, 0.2) is 0 Å². The van der Waals surface area contributed by atoms with Gasteiger partial charge in [0.05, 0.1) is 17.7 Å². The van der Waals surface area contributed by atoms with E-state index in [1.165, 1.54) is 6.21 Å². The van der Waals surface area contributed by atoms with Gasteiger partial charge >= 0.3 is 0 Å². The number of sulfonamides is 1. The van der Waals surface area contributed by atoms with Crippen molar-refractivity contribution in [3.05, 3.63) is 59.7 Å². The Morgan fingerprint density at radius 3 is 2.52 bits per heavy atom. The zero-order chi connectivity index (χ0) is 16.7. The predicted molar refractivity (Wildman–Crippen MR) is 91.3 cm³/mol. The number of nitrogens with zero attached hydrogens (tertiary/aromatic N) is 1. The monoisotopic (exact) mass is 332 g/mol. The van der Waals surface area contributed by atoms with E-state index in [1.54, 1.807) is 24.3 Å². The van der Waals surface area contributed by atoms with Gasteiger partial charge in [0, 0.05) is 5.56 Å². The highest BCUT2D eigenvalue weighted by Gasteiger charge is 2.11. The normalized spacial score (nSPS) is 11.6. The van der Waals surface area contributed by atoms with Gasteiger partial charge in [-0.15, -0.1) is 0 Å². The van der Waals surface area contributed by atoms with Crippen molar-refractivity contribution in [1.29, 1.82) is 0 Å². The van der Waals surface area contributed by atoms with Crippen molar-refractivity contribution in [2.45, 2.75) is 25.2 Å². The zero-order valence-corrected chi connectivity index (χ0v) is 14.0. The van der Waals surface area contributed by atoms with E-state index >= 15 is 0 Å². The smallest absolute Gasteiger partial charge is 0.276 e. The van der Waals surface area contributed by atoms with E-state index in [0.717, 1.165) is 12.0 Å². The first kappa shape index (κ1) is 17.0. The van der Waals surface area contributed by atoms with Gasteiger partial charge in [-0.1, -0.05) is 36.8 Å². The Morgan fingerprint density at radius 1 is 1.13 bits per heavy atom. The van der Waals surface area contributed by atoms with Crippen LogP contribution in [-0.4, -0.2) is 21.2 Å². The highest BCUT2D eigenvalue weighted by atomic mass is 32.2. The van der Waals surface area contributed by atoms with Crippen LogP contribution in [0.5, 0.6) is 5.75 Å². The Hall–Kier alpha value is -2.34. The predicted octanol–water partition coefficient (Wildman–Crippen LogP) is 3.10. The molecule has 0 aromatic heterocycles. The molecule has 0 spiro atoms. The molecule has 23 heavy (non-hydrogen) atoms. The molecular weight excluding hydrogens is 312 g/mol. The molecule has 0 bridgehead atoms. The molecule has 0 heterocycles. The lowest BCUT2D eigenvalue weighted by Crippen LogP contribution is -2.18. The molecule has 1 N–H and O–H groups in total. The number of hydrazone groups is 1. The summed E-state index contributed by atoms with van der Waals surface area (Å²) in [5, 5.41) is 3.84. The second kappa shape index (κ2) is 7.78. The average Bonchev–Trinajstić information content (AvgIpc) is 2.54. The van der Waals surface area contributed by atoms with Crippen molar-refractivity contribution < 1.29 is 13.2 Å². The number of ether oxygens (including phenoxy) is 1. The van der Waals surface area contributed by atoms with Gasteiger partial charge in [0.1, 0.15) is 5.75 Å². The van der Waals surface area contributed by atoms with Crippen LogP contribution >= 0.6 is 0 Å². The standard InChI is InChI=1S/C17H20N2O3S/c1-3-12-22-17-7-5-4-6-15(17)13-18-19-23(20,21)16-10-8-14(2)9-11-16/h4-11,13,19H,3,12H2,1-2H3/b18-13+. The largest absolute Gasteiger partial charge is 0.493 e. The van der Waals surface area contributed by atoms with Gasteiger partial charge < -0.3 is 4.74 Å². The maximum absolute atomic E-state index is 12.1.